The average molecular weight is 284 g/mol. The van der Waals surface area contributed by atoms with Crippen LogP contribution in [0, 0.1) is 16.0 Å². The molecule has 1 unspecified atom stereocenters. The van der Waals surface area contributed by atoms with Crippen LogP contribution in [0.25, 0.3) is 0 Å². The standard InChI is InChI=1S/C12H14ClN3O3/c13-9-5-8(16(18)19)3-4-11(9)15-12(17)6-10(14)7-1-2-7/h3-5,7,10H,1-2,6,14H2,(H,15,17). The van der Waals surface area contributed by atoms with E-state index in [0.717, 1.165) is 12.8 Å². The summed E-state index contributed by atoms with van der Waals surface area (Å²) in [5, 5.41) is 13.3. The van der Waals surface area contributed by atoms with Crippen molar-refractivity contribution in [3.8, 4) is 0 Å². The number of nitrogens with one attached hydrogen (secondary N) is 1. The molecular weight excluding hydrogens is 270 g/mol. The van der Waals surface area contributed by atoms with Crippen LogP contribution in [0.1, 0.15) is 19.3 Å². The monoisotopic (exact) mass is 283 g/mol. The van der Waals surface area contributed by atoms with Gasteiger partial charge in [-0.2, -0.15) is 0 Å². The van der Waals surface area contributed by atoms with Crippen molar-refractivity contribution in [1.82, 2.24) is 0 Å². The summed E-state index contributed by atoms with van der Waals surface area (Å²) in [4.78, 5) is 21.8. The van der Waals surface area contributed by atoms with Gasteiger partial charge in [-0.05, 0) is 24.8 Å². The molecule has 7 heteroatoms. The second-order valence-corrected chi connectivity index (χ2v) is 5.08. The molecule has 6 nitrogen and oxygen atoms in total. The molecule has 1 aromatic rings. The van der Waals surface area contributed by atoms with Crippen molar-refractivity contribution in [2.75, 3.05) is 5.32 Å². The minimum absolute atomic E-state index is 0.113. The zero-order valence-corrected chi connectivity index (χ0v) is 10.9. The molecule has 1 aliphatic carbocycles. The summed E-state index contributed by atoms with van der Waals surface area (Å²) in [6.45, 7) is 0. The minimum Gasteiger partial charge on any atom is -0.327 e. The highest BCUT2D eigenvalue weighted by Gasteiger charge is 2.29. The van der Waals surface area contributed by atoms with Gasteiger partial charge in [-0.1, -0.05) is 11.6 Å². The van der Waals surface area contributed by atoms with Crippen molar-refractivity contribution in [3.05, 3.63) is 33.3 Å². The summed E-state index contributed by atoms with van der Waals surface area (Å²) in [5.41, 5.74) is 6.10. The summed E-state index contributed by atoms with van der Waals surface area (Å²) >= 11 is 5.88. The SMILES string of the molecule is NC(CC(=O)Nc1ccc([N+](=O)[O-])cc1Cl)C1CC1. The lowest BCUT2D eigenvalue weighted by molar-refractivity contribution is -0.384. The largest absolute Gasteiger partial charge is 0.327 e. The zero-order valence-electron chi connectivity index (χ0n) is 10.1. The molecule has 0 saturated heterocycles. The number of non-ortho nitro benzene ring substituents is 1. The number of hydrogen-bond donors (Lipinski definition) is 2. The quantitative estimate of drug-likeness (QED) is 0.640. The normalized spacial score (nSPS) is 15.9. The number of anilines is 1. The number of carbonyl (C=O) groups is 1. The Bertz CT molecular complexity index is 517. The third-order valence-corrected chi connectivity index (χ3v) is 3.40. The minimum atomic E-state index is -0.541. The number of amides is 1. The second kappa shape index (κ2) is 5.54. The molecule has 2 rings (SSSR count). The molecule has 1 aromatic carbocycles. The molecule has 1 amide bonds. The predicted octanol–water partition coefficient (Wildman–Crippen LogP) is 2.31. The highest BCUT2D eigenvalue weighted by Crippen LogP contribution is 2.33. The zero-order chi connectivity index (χ0) is 14.0. The van der Waals surface area contributed by atoms with Crippen LogP contribution in [-0.2, 0) is 4.79 Å². The molecule has 102 valence electrons. The fraction of sp³-hybridized carbons (Fsp3) is 0.417. The third-order valence-electron chi connectivity index (χ3n) is 3.09. The first-order valence-electron chi connectivity index (χ1n) is 5.96. The van der Waals surface area contributed by atoms with Gasteiger partial charge in [0.2, 0.25) is 5.91 Å². The van der Waals surface area contributed by atoms with E-state index in [1.165, 1.54) is 18.2 Å². The van der Waals surface area contributed by atoms with Crippen LogP contribution in [-0.4, -0.2) is 16.9 Å². The fourth-order valence-electron chi connectivity index (χ4n) is 1.83. The van der Waals surface area contributed by atoms with Crippen molar-refractivity contribution >= 4 is 28.9 Å². The van der Waals surface area contributed by atoms with E-state index in [4.69, 9.17) is 17.3 Å². The van der Waals surface area contributed by atoms with Crippen molar-refractivity contribution in [3.63, 3.8) is 0 Å². The maximum absolute atomic E-state index is 11.7. The maximum Gasteiger partial charge on any atom is 0.271 e. The topological polar surface area (TPSA) is 98.3 Å². The number of nitro benzene ring substituents is 1. The predicted molar refractivity (Wildman–Crippen MR) is 72.1 cm³/mol. The average Bonchev–Trinajstić information content (AvgIpc) is 3.15. The lowest BCUT2D eigenvalue weighted by Gasteiger charge is -2.11. The second-order valence-electron chi connectivity index (χ2n) is 4.67. The molecule has 0 spiro atoms. The Kier molecular flexibility index (Phi) is 4.01. The van der Waals surface area contributed by atoms with Gasteiger partial charge in [0, 0.05) is 24.6 Å². The van der Waals surface area contributed by atoms with Crippen LogP contribution in [0.15, 0.2) is 18.2 Å². The molecule has 0 bridgehead atoms. The van der Waals surface area contributed by atoms with Crippen LogP contribution in [0.5, 0.6) is 0 Å². The van der Waals surface area contributed by atoms with Gasteiger partial charge in [-0.15, -0.1) is 0 Å². The van der Waals surface area contributed by atoms with Gasteiger partial charge in [0.25, 0.3) is 5.69 Å². The number of carbonyl (C=O) groups excluding carboxylic acids is 1. The smallest absolute Gasteiger partial charge is 0.271 e. The number of benzene rings is 1. The molecule has 1 aliphatic rings. The van der Waals surface area contributed by atoms with Gasteiger partial charge < -0.3 is 11.1 Å². The first kappa shape index (κ1) is 13.8. The van der Waals surface area contributed by atoms with Gasteiger partial charge >= 0.3 is 0 Å². The maximum atomic E-state index is 11.7. The summed E-state index contributed by atoms with van der Waals surface area (Å²) in [6.07, 6.45) is 2.39. The Balaban J connectivity index is 1.98. The number of nitrogens with zero attached hydrogens (tertiary/aromatic N) is 1. The highest BCUT2D eigenvalue weighted by molar-refractivity contribution is 6.33. The molecule has 1 atom stereocenters. The van der Waals surface area contributed by atoms with Crippen molar-refractivity contribution in [1.29, 1.82) is 0 Å². The van der Waals surface area contributed by atoms with Crippen LogP contribution in [0.2, 0.25) is 5.02 Å². The van der Waals surface area contributed by atoms with Crippen molar-refractivity contribution in [2.24, 2.45) is 11.7 Å². The van der Waals surface area contributed by atoms with Gasteiger partial charge in [-0.25, -0.2) is 0 Å². The van der Waals surface area contributed by atoms with E-state index in [2.05, 4.69) is 5.32 Å². The summed E-state index contributed by atoms with van der Waals surface area (Å²) in [6, 6.07) is 3.79. The van der Waals surface area contributed by atoms with Crippen LogP contribution in [0.4, 0.5) is 11.4 Å². The van der Waals surface area contributed by atoms with E-state index in [9.17, 15) is 14.9 Å². The van der Waals surface area contributed by atoms with E-state index < -0.39 is 4.92 Å². The van der Waals surface area contributed by atoms with E-state index in [1.54, 1.807) is 0 Å². The summed E-state index contributed by atoms with van der Waals surface area (Å²) < 4.78 is 0. The Labute approximate surface area is 115 Å². The molecule has 1 saturated carbocycles. The van der Waals surface area contributed by atoms with Gasteiger partial charge in [0.15, 0.2) is 0 Å². The van der Waals surface area contributed by atoms with Crippen LogP contribution >= 0.6 is 11.6 Å². The third kappa shape index (κ3) is 3.65. The first-order chi connectivity index (χ1) is 8.97. The van der Waals surface area contributed by atoms with E-state index in [1.807, 2.05) is 0 Å². The molecular formula is C12H14ClN3O3. The number of nitro groups is 1. The van der Waals surface area contributed by atoms with E-state index in [0.29, 0.717) is 11.6 Å². The molecule has 0 radical (unpaired) electrons. The molecule has 0 aromatic heterocycles. The number of halogens is 1. The molecule has 3 N–H and O–H groups in total. The molecule has 0 aliphatic heterocycles. The fourth-order valence-corrected chi connectivity index (χ4v) is 2.05. The summed E-state index contributed by atoms with van der Waals surface area (Å²) in [7, 11) is 0. The lowest BCUT2D eigenvalue weighted by atomic mass is 10.1. The Morgan fingerprint density at radius 1 is 1.58 bits per heavy atom. The summed E-state index contributed by atoms with van der Waals surface area (Å²) in [5.74, 6) is 0.216. The number of rotatable bonds is 5. The Morgan fingerprint density at radius 3 is 2.79 bits per heavy atom. The number of hydrogen-bond acceptors (Lipinski definition) is 4. The molecule has 1 fully saturated rings. The lowest BCUT2D eigenvalue weighted by Crippen LogP contribution is -2.28. The Morgan fingerprint density at radius 2 is 2.26 bits per heavy atom. The molecule has 19 heavy (non-hydrogen) atoms. The van der Waals surface area contributed by atoms with Crippen LogP contribution in [0.3, 0.4) is 0 Å². The van der Waals surface area contributed by atoms with E-state index in [-0.39, 0.29) is 29.1 Å². The van der Waals surface area contributed by atoms with Crippen molar-refractivity contribution in [2.45, 2.75) is 25.3 Å². The molecule has 0 heterocycles. The first-order valence-corrected chi connectivity index (χ1v) is 6.34. The number of nitrogens with two attached hydrogens (primary N) is 1. The highest BCUT2D eigenvalue weighted by atomic mass is 35.5. The van der Waals surface area contributed by atoms with Gasteiger partial charge in [0.05, 0.1) is 15.6 Å². The van der Waals surface area contributed by atoms with Crippen molar-refractivity contribution < 1.29 is 9.72 Å². The van der Waals surface area contributed by atoms with E-state index >= 15 is 0 Å². The Hall–Kier alpha value is -1.66. The van der Waals surface area contributed by atoms with Crippen LogP contribution < -0.4 is 11.1 Å². The van der Waals surface area contributed by atoms with Gasteiger partial charge in [0.1, 0.15) is 0 Å². The van der Waals surface area contributed by atoms with Gasteiger partial charge in [-0.3, -0.25) is 14.9 Å².